The van der Waals surface area contributed by atoms with Crippen LogP contribution in [0.2, 0.25) is 0 Å². The van der Waals surface area contributed by atoms with Crippen LogP contribution in [0.15, 0.2) is 46.2 Å². The van der Waals surface area contributed by atoms with E-state index in [2.05, 4.69) is 4.98 Å². The molecule has 0 spiro atoms. The molecule has 1 aromatic carbocycles. The monoisotopic (exact) mass is 465 g/mol. The highest BCUT2D eigenvalue weighted by Crippen LogP contribution is 2.34. The van der Waals surface area contributed by atoms with Crippen molar-refractivity contribution < 1.29 is 9.53 Å². The van der Waals surface area contributed by atoms with E-state index >= 15 is 0 Å². The highest BCUT2D eigenvalue weighted by atomic mass is 32.2. The van der Waals surface area contributed by atoms with Crippen LogP contribution in [0.4, 0.5) is 0 Å². The van der Waals surface area contributed by atoms with Gasteiger partial charge in [0, 0.05) is 12.7 Å². The van der Waals surface area contributed by atoms with Gasteiger partial charge in [0.15, 0.2) is 0 Å². The fourth-order valence-corrected chi connectivity index (χ4v) is 4.85. The first-order valence-electron chi connectivity index (χ1n) is 10.3. The summed E-state index contributed by atoms with van der Waals surface area (Å²) in [4.78, 5) is 32.9. The number of amides is 1. The lowest BCUT2D eigenvalue weighted by atomic mass is 10.1. The quantitative estimate of drug-likeness (QED) is 0.389. The van der Waals surface area contributed by atoms with Gasteiger partial charge in [-0.3, -0.25) is 18.9 Å². The van der Waals surface area contributed by atoms with E-state index in [1.54, 1.807) is 23.2 Å². The van der Waals surface area contributed by atoms with E-state index < -0.39 is 0 Å². The summed E-state index contributed by atoms with van der Waals surface area (Å²) >= 11 is 6.56. The number of fused-ring (bicyclic) bond motifs is 1. The summed E-state index contributed by atoms with van der Waals surface area (Å²) in [5, 5.41) is 0. The van der Waals surface area contributed by atoms with E-state index in [0.29, 0.717) is 27.2 Å². The second-order valence-electron chi connectivity index (χ2n) is 7.72. The van der Waals surface area contributed by atoms with Crippen LogP contribution in [-0.4, -0.2) is 31.1 Å². The van der Waals surface area contributed by atoms with Gasteiger partial charge in [0.2, 0.25) is 5.88 Å². The maximum atomic E-state index is 13.4. The summed E-state index contributed by atoms with van der Waals surface area (Å²) in [6, 6.07) is 9.48. The Kier molecular flexibility index (Phi) is 6.17. The summed E-state index contributed by atoms with van der Waals surface area (Å²) in [7, 11) is 0. The molecule has 0 radical (unpaired) electrons. The molecule has 0 N–H and O–H groups in total. The minimum atomic E-state index is -0.306. The number of aromatic nitrogens is 2. The van der Waals surface area contributed by atoms with Crippen LogP contribution in [0.25, 0.3) is 11.7 Å². The number of hydrogen-bond acceptors (Lipinski definition) is 6. The molecule has 3 aromatic rings. The Morgan fingerprint density at radius 3 is 2.66 bits per heavy atom. The Hall–Kier alpha value is -2.97. The van der Waals surface area contributed by atoms with Crippen LogP contribution >= 0.6 is 24.0 Å². The van der Waals surface area contributed by atoms with Crippen LogP contribution in [0.1, 0.15) is 35.6 Å². The first kappa shape index (κ1) is 22.2. The number of pyridine rings is 1. The molecule has 3 heterocycles. The van der Waals surface area contributed by atoms with Gasteiger partial charge in [0.05, 0.1) is 4.91 Å². The van der Waals surface area contributed by atoms with E-state index in [-0.39, 0.29) is 22.9 Å². The number of aryl methyl sites for hydroxylation is 3. The number of ether oxygens (including phenoxy) is 1. The number of carbonyl (C=O) groups is 1. The van der Waals surface area contributed by atoms with Crippen molar-refractivity contribution >= 4 is 45.9 Å². The van der Waals surface area contributed by atoms with E-state index in [1.807, 2.05) is 52.0 Å². The molecule has 1 aliphatic rings. The molecule has 0 saturated carbocycles. The summed E-state index contributed by atoms with van der Waals surface area (Å²) in [6.45, 7) is 8.36. The first-order chi connectivity index (χ1) is 15.3. The lowest BCUT2D eigenvalue weighted by molar-refractivity contribution is -0.122. The Morgan fingerprint density at radius 2 is 1.94 bits per heavy atom. The Balaban J connectivity index is 1.90. The Morgan fingerprint density at radius 1 is 1.16 bits per heavy atom. The molecule has 6 nitrogen and oxygen atoms in total. The van der Waals surface area contributed by atoms with Crippen LogP contribution in [0, 0.1) is 20.8 Å². The molecular weight excluding hydrogens is 442 g/mol. The zero-order chi connectivity index (χ0) is 23.0. The third-order valence-corrected chi connectivity index (χ3v) is 6.56. The SMILES string of the molecule is CCCN1C(=O)/C(=C\c2c(Oc3ccc(C)cc3C)nc3c(C)cccn3c2=O)SC1=S. The molecule has 0 unspecified atom stereocenters. The van der Waals surface area contributed by atoms with Crippen molar-refractivity contribution in [2.75, 3.05) is 6.54 Å². The lowest BCUT2D eigenvalue weighted by Crippen LogP contribution is -2.28. The first-order valence-corrected chi connectivity index (χ1v) is 11.5. The average Bonchev–Trinajstić information content (AvgIpc) is 3.01. The largest absolute Gasteiger partial charge is 0.438 e. The second kappa shape index (κ2) is 8.88. The van der Waals surface area contributed by atoms with Gasteiger partial charge in [0.1, 0.15) is 21.3 Å². The van der Waals surface area contributed by atoms with Crippen LogP contribution in [-0.2, 0) is 4.79 Å². The van der Waals surface area contributed by atoms with Gasteiger partial charge in [0.25, 0.3) is 11.5 Å². The second-order valence-corrected chi connectivity index (χ2v) is 9.40. The molecule has 2 aromatic heterocycles. The zero-order valence-electron chi connectivity index (χ0n) is 18.3. The van der Waals surface area contributed by atoms with Gasteiger partial charge in [-0.2, -0.15) is 4.98 Å². The van der Waals surface area contributed by atoms with Gasteiger partial charge >= 0.3 is 0 Å². The molecule has 32 heavy (non-hydrogen) atoms. The Labute approximate surface area is 195 Å². The molecule has 0 aliphatic carbocycles. The van der Waals surface area contributed by atoms with Gasteiger partial charge in [-0.1, -0.05) is 54.7 Å². The van der Waals surface area contributed by atoms with E-state index in [1.165, 1.54) is 16.2 Å². The molecule has 0 atom stereocenters. The van der Waals surface area contributed by atoms with Crippen LogP contribution in [0.5, 0.6) is 11.6 Å². The van der Waals surface area contributed by atoms with Crippen molar-refractivity contribution in [3.8, 4) is 11.6 Å². The van der Waals surface area contributed by atoms with E-state index in [0.717, 1.165) is 23.1 Å². The summed E-state index contributed by atoms with van der Waals surface area (Å²) in [6.07, 6.45) is 4.01. The predicted molar refractivity (Wildman–Crippen MR) is 132 cm³/mol. The third kappa shape index (κ3) is 4.08. The fraction of sp³-hybridized carbons (Fsp3) is 0.250. The molecular formula is C24H23N3O3S2. The maximum Gasteiger partial charge on any atom is 0.269 e. The van der Waals surface area contributed by atoms with Gasteiger partial charge in [-0.05, 0) is 56.5 Å². The number of hydrogen-bond donors (Lipinski definition) is 0. The van der Waals surface area contributed by atoms with Crippen molar-refractivity contribution in [1.29, 1.82) is 0 Å². The van der Waals surface area contributed by atoms with Crippen LogP contribution < -0.4 is 10.3 Å². The third-order valence-electron chi connectivity index (χ3n) is 5.18. The maximum absolute atomic E-state index is 13.4. The number of carbonyl (C=O) groups excluding carboxylic acids is 1. The van der Waals surface area contributed by atoms with E-state index in [4.69, 9.17) is 17.0 Å². The summed E-state index contributed by atoms with van der Waals surface area (Å²) in [5.74, 6) is 0.568. The topological polar surface area (TPSA) is 63.9 Å². The number of thiocarbonyl (C=S) groups is 1. The predicted octanol–water partition coefficient (Wildman–Crippen LogP) is 5.02. The molecule has 1 aliphatic heterocycles. The average molecular weight is 466 g/mol. The highest BCUT2D eigenvalue weighted by Gasteiger charge is 2.32. The lowest BCUT2D eigenvalue weighted by Gasteiger charge is -2.13. The van der Waals surface area contributed by atoms with Crippen molar-refractivity contribution in [2.24, 2.45) is 0 Å². The standard InChI is InChI=1S/C24H23N3O3S2/c1-5-10-27-23(29)19(32-24(27)31)13-17-21(30-18-9-8-14(2)12-16(18)4)25-20-15(3)7-6-11-26(20)22(17)28/h6-9,11-13H,5,10H2,1-4H3/b19-13+. The van der Waals surface area contributed by atoms with Crippen molar-refractivity contribution in [3.05, 3.63) is 74.0 Å². The van der Waals surface area contributed by atoms with E-state index in [9.17, 15) is 9.59 Å². The van der Waals surface area contributed by atoms with Crippen molar-refractivity contribution in [3.63, 3.8) is 0 Å². The normalized spacial score (nSPS) is 15.2. The molecule has 1 saturated heterocycles. The smallest absolute Gasteiger partial charge is 0.269 e. The molecule has 4 rings (SSSR count). The molecule has 1 amide bonds. The number of rotatable bonds is 5. The minimum absolute atomic E-state index is 0.164. The molecule has 164 valence electrons. The van der Waals surface area contributed by atoms with Gasteiger partial charge < -0.3 is 4.74 Å². The highest BCUT2D eigenvalue weighted by molar-refractivity contribution is 8.26. The number of thioether (sulfide) groups is 1. The minimum Gasteiger partial charge on any atom is -0.438 e. The van der Waals surface area contributed by atoms with Gasteiger partial charge in [-0.15, -0.1) is 0 Å². The van der Waals surface area contributed by atoms with Crippen molar-refractivity contribution in [1.82, 2.24) is 14.3 Å². The van der Waals surface area contributed by atoms with Crippen molar-refractivity contribution in [2.45, 2.75) is 34.1 Å². The zero-order valence-corrected chi connectivity index (χ0v) is 20.0. The number of benzene rings is 1. The summed E-state index contributed by atoms with van der Waals surface area (Å²) < 4.78 is 8.12. The number of nitrogens with zero attached hydrogens (tertiary/aromatic N) is 3. The Bertz CT molecular complexity index is 1340. The molecule has 1 fully saturated rings. The van der Waals surface area contributed by atoms with Gasteiger partial charge in [-0.25, -0.2) is 0 Å². The fourth-order valence-electron chi connectivity index (χ4n) is 3.56. The molecule has 8 heteroatoms. The summed E-state index contributed by atoms with van der Waals surface area (Å²) in [5.41, 5.74) is 3.29. The van der Waals surface area contributed by atoms with Crippen LogP contribution in [0.3, 0.4) is 0 Å². The molecule has 0 bridgehead atoms.